The zero-order valence-electron chi connectivity index (χ0n) is 8.64. The van der Waals surface area contributed by atoms with Crippen LogP contribution >= 0.6 is 10.9 Å². The summed E-state index contributed by atoms with van der Waals surface area (Å²) in [7, 11) is -1.96. The Labute approximate surface area is 90.8 Å². The zero-order valence-corrected chi connectivity index (χ0v) is 9.45. The molecule has 0 aliphatic rings. The number of rotatable bonds is 3. The van der Waals surface area contributed by atoms with Gasteiger partial charge in [-0.2, -0.15) is 0 Å². The summed E-state index contributed by atoms with van der Waals surface area (Å²) in [4.78, 5) is 0.132. The molecule has 0 unspecified atom stereocenters. The third kappa shape index (κ3) is 2.97. The first kappa shape index (κ1) is 12.1. The number of allylic oxidation sites excluding steroid dienone is 1. The molecule has 15 heavy (non-hydrogen) atoms. The molecule has 0 fully saturated rings. The Hall–Kier alpha value is -1.01. The Morgan fingerprint density at radius 1 is 1.27 bits per heavy atom. The van der Waals surface area contributed by atoms with E-state index in [0.717, 1.165) is 0 Å². The van der Waals surface area contributed by atoms with Gasteiger partial charge >= 0.3 is 0 Å². The predicted octanol–water partition coefficient (Wildman–Crippen LogP) is 3.34. The number of hydrogen-bond donors (Lipinski definition) is 4. The number of anilines is 1. The van der Waals surface area contributed by atoms with Gasteiger partial charge in [0.25, 0.3) is 0 Å². The molecule has 0 aliphatic heterocycles. The molecule has 0 atom stereocenters. The molecule has 0 heterocycles. The average Bonchev–Trinajstić information content (AvgIpc) is 2.17. The van der Waals surface area contributed by atoms with Crippen molar-refractivity contribution in [2.45, 2.75) is 11.8 Å². The highest BCUT2D eigenvalue weighted by Crippen LogP contribution is 2.46. The highest BCUT2D eigenvalue weighted by molar-refractivity contribution is 8.19. The summed E-state index contributed by atoms with van der Waals surface area (Å²) in [5.41, 5.74) is 1.31. The fraction of sp³-hybridized carbons (Fsp3) is 0.200. The molecule has 1 aromatic carbocycles. The quantitative estimate of drug-likeness (QED) is 0.641. The van der Waals surface area contributed by atoms with Gasteiger partial charge in [-0.3, -0.25) is 0 Å². The van der Waals surface area contributed by atoms with Gasteiger partial charge in [-0.15, -0.1) is 0 Å². The van der Waals surface area contributed by atoms with E-state index in [1.807, 2.05) is 6.92 Å². The van der Waals surface area contributed by atoms with E-state index in [4.69, 9.17) is 0 Å². The van der Waals surface area contributed by atoms with Crippen molar-refractivity contribution in [1.29, 1.82) is 0 Å². The first-order chi connectivity index (χ1) is 6.99. The fourth-order valence-corrected chi connectivity index (χ4v) is 1.98. The lowest BCUT2D eigenvalue weighted by molar-refractivity contribution is 0.376. The summed E-state index contributed by atoms with van der Waals surface area (Å²) in [5, 5.41) is 2.86. The molecule has 0 saturated heterocycles. The van der Waals surface area contributed by atoms with Crippen LogP contribution in [0.3, 0.4) is 0 Å². The summed E-state index contributed by atoms with van der Waals surface area (Å²) in [5.74, 6) is 0. The van der Waals surface area contributed by atoms with Crippen LogP contribution in [0, 0.1) is 0 Å². The van der Waals surface area contributed by atoms with Crippen LogP contribution in [0.4, 0.5) is 5.69 Å². The lowest BCUT2D eigenvalue weighted by Crippen LogP contribution is -2.00. The van der Waals surface area contributed by atoms with Crippen LogP contribution in [0.1, 0.15) is 12.5 Å². The monoisotopic (exact) mass is 229 g/mol. The normalized spacial score (nSPS) is 13.1. The van der Waals surface area contributed by atoms with E-state index < -0.39 is 10.9 Å². The smallest absolute Gasteiger partial charge is 0.113 e. The second kappa shape index (κ2) is 4.67. The van der Waals surface area contributed by atoms with Crippen molar-refractivity contribution in [3.05, 3.63) is 29.8 Å². The minimum absolute atomic E-state index is 0.132. The van der Waals surface area contributed by atoms with Crippen molar-refractivity contribution < 1.29 is 13.7 Å². The molecule has 0 bridgehead atoms. The van der Waals surface area contributed by atoms with Gasteiger partial charge in [0.15, 0.2) is 0 Å². The molecular formula is C10H15NO3S. The van der Waals surface area contributed by atoms with Crippen molar-refractivity contribution >= 4 is 22.6 Å². The van der Waals surface area contributed by atoms with Crippen LogP contribution in [0.5, 0.6) is 0 Å². The minimum Gasteiger partial charge on any atom is -0.388 e. The molecule has 84 valence electrons. The predicted molar refractivity (Wildman–Crippen MR) is 64.4 cm³/mol. The van der Waals surface area contributed by atoms with E-state index in [0.29, 0.717) is 11.3 Å². The highest BCUT2D eigenvalue weighted by atomic mass is 32.3. The second-order valence-electron chi connectivity index (χ2n) is 3.02. The molecule has 4 nitrogen and oxygen atoms in total. The molecule has 4 N–H and O–H groups in total. The van der Waals surface area contributed by atoms with Crippen molar-refractivity contribution in [2.75, 3.05) is 12.4 Å². The minimum atomic E-state index is -3.68. The van der Waals surface area contributed by atoms with Crippen LogP contribution in [0.25, 0.3) is 6.08 Å². The van der Waals surface area contributed by atoms with E-state index >= 15 is 0 Å². The Kier molecular flexibility index (Phi) is 3.76. The first-order valence-electron chi connectivity index (χ1n) is 4.44. The van der Waals surface area contributed by atoms with Gasteiger partial charge in [0.1, 0.15) is 10.9 Å². The van der Waals surface area contributed by atoms with Gasteiger partial charge < -0.3 is 19.0 Å². The molecule has 0 amide bonds. The molecule has 1 rings (SSSR count). The topological polar surface area (TPSA) is 72.7 Å². The molecule has 0 spiro atoms. The lowest BCUT2D eigenvalue weighted by atomic mass is 10.2. The largest absolute Gasteiger partial charge is 0.388 e. The fourth-order valence-electron chi connectivity index (χ4n) is 1.24. The second-order valence-corrected chi connectivity index (χ2v) is 4.50. The summed E-state index contributed by atoms with van der Waals surface area (Å²) < 4.78 is 27.7. The molecule has 0 aromatic heterocycles. The molecular weight excluding hydrogens is 214 g/mol. The Morgan fingerprint density at radius 3 is 2.40 bits per heavy atom. The van der Waals surface area contributed by atoms with Crippen molar-refractivity contribution in [3.63, 3.8) is 0 Å². The van der Waals surface area contributed by atoms with E-state index in [-0.39, 0.29) is 4.90 Å². The van der Waals surface area contributed by atoms with Crippen molar-refractivity contribution in [1.82, 2.24) is 0 Å². The average molecular weight is 229 g/mol. The van der Waals surface area contributed by atoms with Gasteiger partial charge in [0.2, 0.25) is 0 Å². The van der Waals surface area contributed by atoms with E-state index in [1.54, 1.807) is 31.3 Å². The summed E-state index contributed by atoms with van der Waals surface area (Å²) in [6, 6.07) is 5.03. The van der Waals surface area contributed by atoms with Gasteiger partial charge in [0, 0.05) is 12.7 Å². The van der Waals surface area contributed by atoms with E-state index in [2.05, 4.69) is 5.32 Å². The number of hydrogen-bond acceptors (Lipinski definition) is 4. The van der Waals surface area contributed by atoms with Crippen LogP contribution in [-0.4, -0.2) is 20.7 Å². The van der Waals surface area contributed by atoms with Gasteiger partial charge in [0.05, 0.1) is 4.90 Å². The Morgan fingerprint density at radius 2 is 1.93 bits per heavy atom. The maximum atomic E-state index is 9.25. The molecule has 0 aliphatic carbocycles. The Balaban J connectivity index is 3.29. The van der Waals surface area contributed by atoms with E-state index in [1.165, 1.54) is 6.07 Å². The Bertz CT molecular complexity index is 371. The van der Waals surface area contributed by atoms with E-state index in [9.17, 15) is 13.7 Å². The van der Waals surface area contributed by atoms with Crippen LogP contribution in [0.2, 0.25) is 0 Å². The number of benzene rings is 1. The van der Waals surface area contributed by atoms with Crippen molar-refractivity contribution in [3.8, 4) is 0 Å². The summed E-state index contributed by atoms with van der Waals surface area (Å²) in [6.45, 7) is 1.82. The molecule has 0 saturated carbocycles. The molecule has 1 aromatic rings. The third-order valence-electron chi connectivity index (χ3n) is 1.94. The van der Waals surface area contributed by atoms with Crippen molar-refractivity contribution in [2.24, 2.45) is 0 Å². The van der Waals surface area contributed by atoms with Gasteiger partial charge in [-0.25, -0.2) is 0 Å². The SMILES string of the molecule is C/C=C/c1ccc(NC)cc1S(O)(O)O. The number of nitrogens with one attached hydrogen (secondary N) is 1. The van der Waals surface area contributed by atoms with Crippen LogP contribution in [-0.2, 0) is 0 Å². The van der Waals surface area contributed by atoms with Gasteiger partial charge in [-0.1, -0.05) is 18.2 Å². The molecule has 0 radical (unpaired) electrons. The van der Waals surface area contributed by atoms with Crippen LogP contribution < -0.4 is 5.32 Å². The molecule has 5 heteroatoms. The standard InChI is InChI=1S/C10H15NO3S/c1-3-4-8-5-6-9(11-2)7-10(8)15(12,13)14/h3-7,11-14H,1-2H3/b4-3+. The summed E-state index contributed by atoms with van der Waals surface area (Å²) >= 11 is 0. The zero-order chi connectivity index (χ0) is 11.5. The highest BCUT2D eigenvalue weighted by Gasteiger charge is 2.19. The third-order valence-corrected chi connectivity index (χ3v) is 2.89. The summed E-state index contributed by atoms with van der Waals surface area (Å²) in [6.07, 6.45) is 3.47. The first-order valence-corrected chi connectivity index (χ1v) is 5.94. The maximum absolute atomic E-state index is 9.25. The van der Waals surface area contributed by atoms with Gasteiger partial charge in [-0.05, 0) is 24.6 Å². The van der Waals surface area contributed by atoms with Crippen LogP contribution in [0.15, 0.2) is 29.2 Å². The maximum Gasteiger partial charge on any atom is 0.113 e. The lowest BCUT2D eigenvalue weighted by Gasteiger charge is -2.22.